The molecule has 0 aromatic rings. The van der Waals surface area contributed by atoms with E-state index in [2.05, 4.69) is 0 Å². The summed E-state index contributed by atoms with van der Waals surface area (Å²) in [6.07, 6.45) is 2.77. The summed E-state index contributed by atoms with van der Waals surface area (Å²) in [5.41, 5.74) is -0.533. The highest BCUT2D eigenvalue weighted by atomic mass is 16.4. The Hall–Kier alpha value is -1.06. The monoisotopic (exact) mass is 246 g/mol. The van der Waals surface area contributed by atoms with Crippen molar-refractivity contribution in [3.63, 3.8) is 0 Å². The first-order valence-electron chi connectivity index (χ1n) is 6.08. The van der Waals surface area contributed by atoms with Gasteiger partial charge in [-0.25, -0.2) is 0 Å². The average molecular weight is 246 g/mol. The molecule has 4 heteroatoms. The largest absolute Gasteiger partial charge is 0.481 e. The number of carboxylic acids is 2. The highest BCUT2D eigenvalue weighted by Crippen LogP contribution is 2.21. The molecular weight excluding hydrogens is 220 g/mol. The minimum absolute atomic E-state index is 0.303. The van der Waals surface area contributed by atoms with Crippen LogP contribution in [-0.4, -0.2) is 22.2 Å². The predicted octanol–water partition coefficient (Wildman–Crippen LogP) is 3.40. The van der Waals surface area contributed by atoms with E-state index in [1.165, 1.54) is 0 Å². The van der Waals surface area contributed by atoms with Gasteiger partial charge in [0.05, 0.1) is 5.41 Å². The van der Waals surface area contributed by atoms with Gasteiger partial charge in [0.2, 0.25) is 0 Å². The van der Waals surface area contributed by atoms with E-state index in [4.69, 9.17) is 10.2 Å². The van der Waals surface area contributed by atoms with Crippen molar-refractivity contribution in [2.24, 2.45) is 11.3 Å². The molecule has 4 nitrogen and oxygen atoms in total. The zero-order chi connectivity index (χ0) is 14.1. The Morgan fingerprint density at radius 1 is 1.18 bits per heavy atom. The Kier molecular flexibility index (Phi) is 9.72. The third-order valence-corrected chi connectivity index (χ3v) is 2.39. The summed E-state index contributed by atoms with van der Waals surface area (Å²) in [6, 6.07) is 0. The average Bonchev–Trinajstić information content (AvgIpc) is 2.15. The van der Waals surface area contributed by atoms with E-state index in [1.54, 1.807) is 13.8 Å². The summed E-state index contributed by atoms with van der Waals surface area (Å²) in [5, 5.41) is 16.7. The van der Waals surface area contributed by atoms with E-state index in [-0.39, 0.29) is 0 Å². The van der Waals surface area contributed by atoms with Gasteiger partial charge in [-0.15, -0.1) is 0 Å². The molecule has 0 aliphatic heterocycles. The first kappa shape index (κ1) is 18.3. The highest BCUT2D eigenvalue weighted by molar-refractivity contribution is 5.73. The number of hydrogen-bond acceptors (Lipinski definition) is 2. The number of carbonyl (C=O) groups is 2. The molecule has 0 unspecified atom stereocenters. The third kappa shape index (κ3) is 12.9. The molecule has 0 aromatic heterocycles. The minimum Gasteiger partial charge on any atom is -0.481 e. The van der Waals surface area contributed by atoms with E-state index < -0.39 is 17.4 Å². The van der Waals surface area contributed by atoms with Crippen molar-refractivity contribution in [3.8, 4) is 0 Å². The summed E-state index contributed by atoms with van der Waals surface area (Å²) in [5.74, 6) is -0.894. The zero-order valence-electron chi connectivity index (χ0n) is 11.6. The fraction of sp³-hybridized carbons (Fsp3) is 0.846. The smallest absolute Gasteiger partial charge is 0.309 e. The molecule has 0 fully saturated rings. The van der Waals surface area contributed by atoms with Crippen LogP contribution >= 0.6 is 0 Å². The van der Waals surface area contributed by atoms with Gasteiger partial charge in [-0.1, -0.05) is 27.2 Å². The number of hydrogen-bond donors (Lipinski definition) is 2. The Bertz CT molecular complexity index is 232. The topological polar surface area (TPSA) is 74.6 Å². The van der Waals surface area contributed by atoms with Crippen molar-refractivity contribution in [3.05, 3.63) is 0 Å². The fourth-order valence-corrected chi connectivity index (χ4v) is 1.14. The molecular formula is C13H26O4. The van der Waals surface area contributed by atoms with Crippen molar-refractivity contribution in [2.45, 2.75) is 60.3 Å². The van der Waals surface area contributed by atoms with E-state index in [1.807, 2.05) is 20.8 Å². The molecule has 0 rings (SSSR count). The Morgan fingerprint density at radius 3 is 1.76 bits per heavy atom. The lowest BCUT2D eigenvalue weighted by Crippen LogP contribution is -2.22. The second-order valence-electron chi connectivity index (χ2n) is 5.27. The van der Waals surface area contributed by atoms with Crippen molar-refractivity contribution in [1.29, 1.82) is 0 Å². The lowest BCUT2D eigenvalue weighted by atomic mass is 9.88. The maximum Gasteiger partial charge on any atom is 0.309 e. The van der Waals surface area contributed by atoms with Gasteiger partial charge >= 0.3 is 11.9 Å². The van der Waals surface area contributed by atoms with Crippen LogP contribution in [0.2, 0.25) is 0 Å². The molecule has 0 atom stereocenters. The van der Waals surface area contributed by atoms with Gasteiger partial charge in [0, 0.05) is 6.42 Å². The van der Waals surface area contributed by atoms with Crippen LogP contribution in [0.5, 0.6) is 0 Å². The first-order chi connectivity index (χ1) is 7.63. The maximum absolute atomic E-state index is 10.4. The van der Waals surface area contributed by atoms with Crippen molar-refractivity contribution >= 4 is 11.9 Å². The molecule has 0 bridgehead atoms. The standard InChI is InChI=1S/C7H14O2.C6H12O2/c1-4-5-7(2,3)6(8)9;1-5(2)3-4-6(7)8/h4-5H2,1-3H3,(H,8,9);5H,3-4H2,1-2H3,(H,7,8). The normalized spacial score (nSPS) is 10.7. The number of carboxylic acid groups (broad SMARTS) is 2. The van der Waals surface area contributed by atoms with E-state index in [9.17, 15) is 9.59 Å². The predicted molar refractivity (Wildman–Crippen MR) is 68.0 cm³/mol. The first-order valence-corrected chi connectivity index (χ1v) is 6.08. The van der Waals surface area contributed by atoms with Gasteiger partial charge in [0.25, 0.3) is 0 Å². The van der Waals surface area contributed by atoms with Gasteiger partial charge in [-0.3, -0.25) is 9.59 Å². The second kappa shape index (κ2) is 9.02. The Balaban J connectivity index is 0. The van der Waals surface area contributed by atoms with E-state index in [0.29, 0.717) is 12.3 Å². The molecule has 0 radical (unpaired) electrons. The SMILES string of the molecule is CC(C)CCC(=O)O.CCCC(C)(C)C(=O)O. The molecule has 0 saturated heterocycles. The van der Waals surface area contributed by atoms with Crippen LogP contribution in [-0.2, 0) is 9.59 Å². The Morgan fingerprint density at radius 2 is 1.65 bits per heavy atom. The van der Waals surface area contributed by atoms with E-state index in [0.717, 1.165) is 19.3 Å². The molecule has 0 spiro atoms. The molecule has 0 aliphatic carbocycles. The molecule has 17 heavy (non-hydrogen) atoms. The van der Waals surface area contributed by atoms with Crippen LogP contribution in [0.3, 0.4) is 0 Å². The highest BCUT2D eigenvalue weighted by Gasteiger charge is 2.25. The summed E-state index contributed by atoms with van der Waals surface area (Å²) in [4.78, 5) is 20.3. The van der Waals surface area contributed by atoms with Gasteiger partial charge in [-0.2, -0.15) is 0 Å². The maximum atomic E-state index is 10.4. The van der Waals surface area contributed by atoms with Gasteiger partial charge in [0.15, 0.2) is 0 Å². The van der Waals surface area contributed by atoms with Crippen LogP contribution in [0.25, 0.3) is 0 Å². The summed E-state index contributed by atoms with van der Waals surface area (Å²) in [7, 11) is 0. The third-order valence-electron chi connectivity index (χ3n) is 2.39. The zero-order valence-corrected chi connectivity index (χ0v) is 11.6. The van der Waals surface area contributed by atoms with Crippen molar-refractivity contribution in [2.75, 3.05) is 0 Å². The van der Waals surface area contributed by atoms with Gasteiger partial charge in [-0.05, 0) is 32.6 Å². The van der Waals surface area contributed by atoms with Gasteiger partial charge in [0.1, 0.15) is 0 Å². The number of aliphatic carboxylic acids is 2. The minimum atomic E-state index is -0.704. The van der Waals surface area contributed by atoms with E-state index >= 15 is 0 Å². The number of rotatable bonds is 6. The van der Waals surface area contributed by atoms with Crippen LogP contribution in [0.1, 0.15) is 60.3 Å². The lowest BCUT2D eigenvalue weighted by Gasteiger charge is -2.16. The molecule has 0 aromatic carbocycles. The summed E-state index contributed by atoms with van der Waals surface area (Å²) >= 11 is 0. The fourth-order valence-electron chi connectivity index (χ4n) is 1.14. The molecule has 0 saturated carbocycles. The van der Waals surface area contributed by atoms with Crippen LogP contribution in [0.4, 0.5) is 0 Å². The molecule has 102 valence electrons. The van der Waals surface area contributed by atoms with Crippen molar-refractivity contribution in [1.82, 2.24) is 0 Å². The second-order valence-corrected chi connectivity index (χ2v) is 5.27. The molecule has 0 aliphatic rings. The quantitative estimate of drug-likeness (QED) is 0.753. The van der Waals surface area contributed by atoms with Crippen molar-refractivity contribution < 1.29 is 19.8 Å². The van der Waals surface area contributed by atoms with Crippen LogP contribution < -0.4 is 0 Å². The Labute approximate surface area is 104 Å². The van der Waals surface area contributed by atoms with Gasteiger partial charge < -0.3 is 10.2 Å². The molecule has 0 amide bonds. The molecule has 2 N–H and O–H groups in total. The summed E-state index contributed by atoms with van der Waals surface area (Å²) < 4.78 is 0. The summed E-state index contributed by atoms with van der Waals surface area (Å²) in [6.45, 7) is 9.52. The van der Waals surface area contributed by atoms with Crippen LogP contribution in [0.15, 0.2) is 0 Å². The lowest BCUT2D eigenvalue weighted by molar-refractivity contribution is -0.147. The van der Waals surface area contributed by atoms with Crippen LogP contribution in [0, 0.1) is 11.3 Å². The molecule has 0 heterocycles.